The fraction of sp³-hybridized carbons (Fsp3) is 0.750. The van der Waals surface area contributed by atoms with E-state index in [1.807, 2.05) is 0 Å². The number of halogens is 4. The number of alkyl halides is 3. The van der Waals surface area contributed by atoms with Gasteiger partial charge in [-0.2, -0.15) is 13.2 Å². The van der Waals surface area contributed by atoms with Crippen molar-refractivity contribution in [2.45, 2.75) is 129 Å². The second kappa shape index (κ2) is 18.7. The van der Waals surface area contributed by atoms with Crippen LogP contribution in [0.5, 0.6) is 0 Å². The minimum absolute atomic E-state index is 0.0905. The van der Waals surface area contributed by atoms with Gasteiger partial charge < -0.3 is 4.74 Å². The van der Waals surface area contributed by atoms with Crippen molar-refractivity contribution in [3.05, 3.63) is 35.1 Å². The van der Waals surface area contributed by atoms with E-state index in [0.29, 0.717) is 12.5 Å². The number of unbranched alkanes of at least 4 members (excludes halogenated alkanes) is 17. The van der Waals surface area contributed by atoms with Gasteiger partial charge in [-0.1, -0.05) is 122 Å². The lowest BCUT2D eigenvalue weighted by atomic mass is 10.0. The highest BCUT2D eigenvalue weighted by atomic mass is 19.4. The van der Waals surface area contributed by atoms with Gasteiger partial charge >= 0.3 is 12.1 Å². The lowest BCUT2D eigenvalue weighted by Crippen LogP contribution is -2.14. The predicted molar refractivity (Wildman–Crippen MR) is 130 cm³/mol. The highest BCUT2D eigenvalue weighted by Crippen LogP contribution is 2.32. The Labute approximate surface area is 203 Å². The summed E-state index contributed by atoms with van der Waals surface area (Å²) in [5.41, 5.74) is -2.12. The zero-order chi connectivity index (χ0) is 25.1. The quantitative estimate of drug-likeness (QED) is 0.104. The molecule has 0 spiro atoms. The first-order valence-corrected chi connectivity index (χ1v) is 13.4. The fourth-order valence-corrected chi connectivity index (χ4v) is 4.15. The second-order valence-corrected chi connectivity index (χ2v) is 9.31. The van der Waals surface area contributed by atoms with Crippen molar-refractivity contribution >= 4 is 5.97 Å². The normalized spacial score (nSPS) is 11.7. The molecule has 0 aliphatic rings. The molecule has 0 atom stereocenters. The third-order valence-electron chi connectivity index (χ3n) is 6.26. The maximum Gasteiger partial charge on any atom is 0.419 e. The molecule has 0 fully saturated rings. The molecular formula is C28H44F4O2. The first-order chi connectivity index (χ1) is 16.4. The van der Waals surface area contributed by atoms with Gasteiger partial charge in [-0.15, -0.1) is 0 Å². The van der Waals surface area contributed by atoms with E-state index in [9.17, 15) is 22.4 Å². The van der Waals surface area contributed by atoms with Gasteiger partial charge in [-0.05, 0) is 18.6 Å². The number of carbonyl (C=O) groups is 1. The van der Waals surface area contributed by atoms with E-state index in [1.54, 1.807) is 0 Å². The number of hydrogen-bond donors (Lipinski definition) is 0. The Hall–Kier alpha value is -1.59. The standard InChI is InChI=1S/C28H44F4O2/c1-2-3-4-5-6-7-8-9-10-11-12-13-14-15-16-17-18-19-23-34-27(33)24-21-20-22-25(26(24)29)28(30,31)32/h20-22H,2-19,23H2,1H3. The molecule has 0 saturated heterocycles. The molecule has 6 heteroatoms. The van der Waals surface area contributed by atoms with E-state index in [2.05, 4.69) is 6.92 Å². The Balaban J connectivity index is 1.93. The number of rotatable bonds is 20. The van der Waals surface area contributed by atoms with Crippen LogP contribution in [0.3, 0.4) is 0 Å². The monoisotopic (exact) mass is 488 g/mol. The molecule has 0 heterocycles. The van der Waals surface area contributed by atoms with E-state index < -0.39 is 29.1 Å². The van der Waals surface area contributed by atoms with Crippen LogP contribution < -0.4 is 0 Å². The van der Waals surface area contributed by atoms with E-state index in [-0.39, 0.29) is 6.61 Å². The minimum atomic E-state index is -4.84. The van der Waals surface area contributed by atoms with Crippen molar-refractivity contribution < 1.29 is 27.1 Å². The van der Waals surface area contributed by atoms with Gasteiger partial charge in [0.2, 0.25) is 0 Å². The first kappa shape index (κ1) is 30.4. The van der Waals surface area contributed by atoms with Gasteiger partial charge in [0.05, 0.1) is 17.7 Å². The van der Waals surface area contributed by atoms with Crippen molar-refractivity contribution in [3.8, 4) is 0 Å². The highest BCUT2D eigenvalue weighted by molar-refractivity contribution is 5.90. The zero-order valence-electron chi connectivity index (χ0n) is 21.0. The van der Waals surface area contributed by atoms with Crippen molar-refractivity contribution in [2.75, 3.05) is 6.61 Å². The Kier molecular flexibility index (Phi) is 16.7. The van der Waals surface area contributed by atoms with Crippen LogP contribution in [0.25, 0.3) is 0 Å². The molecule has 0 unspecified atom stereocenters. The van der Waals surface area contributed by atoms with Crippen LogP contribution in [0, 0.1) is 5.82 Å². The topological polar surface area (TPSA) is 26.3 Å². The Bertz CT molecular complexity index is 658. The molecule has 1 rings (SSSR count). The van der Waals surface area contributed by atoms with Crippen LogP contribution in [0.2, 0.25) is 0 Å². The molecule has 0 N–H and O–H groups in total. The third kappa shape index (κ3) is 14.0. The van der Waals surface area contributed by atoms with Gasteiger partial charge in [0.1, 0.15) is 5.82 Å². The Morgan fingerprint density at radius 3 is 1.53 bits per heavy atom. The van der Waals surface area contributed by atoms with Crippen LogP contribution >= 0.6 is 0 Å². The van der Waals surface area contributed by atoms with Gasteiger partial charge in [-0.3, -0.25) is 0 Å². The fourth-order valence-electron chi connectivity index (χ4n) is 4.15. The van der Waals surface area contributed by atoms with Crippen molar-refractivity contribution in [1.82, 2.24) is 0 Å². The summed E-state index contributed by atoms with van der Waals surface area (Å²) in [6, 6.07) is 2.64. The summed E-state index contributed by atoms with van der Waals surface area (Å²) in [7, 11) is 0. The lowest BCUT2D eigenvalue weighted by molar-refractivity contribution is -0.140. The van der Waals surface area contributed by atoms with Gasteiger partial charge in [0.15, 0.2) is 0 Å². The van der Waals surface area contributed by atoms with Gasteiger partial charge in [0, 0.05) is 0 Å². The average molecular weight is 489 g/mol. The molecule has 0 aromatic heterocycles. The zero-order valence-corrected chi connectivity index (χ0v) is 21.0. The Morgan fingerprint density at radius 1 is 0.706 bits per heavy atom. The van der Waals surface area contributed by atoms with Crippen LogP contribution in [-0.2, 0) is 10.9 Å². The minimum Gasteiger partial charge on any atom is -0.462 e. The van der Waals surface area contributed by atoms with E-state index in [4.69, 9.17) is 4.74 Å². The molecule has 0 aliphatic heterocycles. The molecule has 196 valence electrons. The van der Waals surface area contributed by atoms with Crippen molar-refractivity contribution in [2.24, 2.45) is 0 Å². The summed E-state index contributed by atoms with van der Waals surface area (Å²) in [6.45, 7) is 2.35. The molecular weight excluding hydrogens is 444 g/mol. The number of esters is 1. The molecule has 0 bridgehead atoms. The maximum absolute atomic E-state index is 13.9. The molecule has 2 nitrogen and oxygen atoms in total. The average Bonchev–Trinajstić information content (AvgIpc) is 2.79. The molecule has 0 radical (unpaired) electrons. The number of hydrogen-bond acceptors (Lipinski definition) is 2. The largest absolute Gasteiger partial charge is 0.462 e. The van der Waals surface area contributed by atoms with Crippen LogP contribution in [-0.4, -0.2) is 12.6 Å². The first-order valence-electron chi connectivity index (χ1n) is 13.4. The SMILES string of the molecule is CCCCCCCCCCCCCCCCCCCCOC(=O)c1cccc(C(F)(F)F)c1F. The van der Waals surface area contributed by atoms with Crippen LogP contribution in [0.15, 0.2) is 18.2 Å². The molecule has 34 heavy (non-hydrogen) atoms. The summed E-state index contributed by atoms with van der Waals surface area (Å²) in [6.07, 6.45) is 17.6. The molecule has 1 aromatic carbocycles. The molecule has 0 amide bonds. The predicted octanol–water partition coefficient (Wildman–Crippen LogP) is 10.0. The van der Waals surface area contributed by atoms with Gasteiger partial charge in [0.25, 0.3) is 0 Å². The molecule has 0 aliphatic carbocycles. The highest BCUT2D eigenvalue weighted by Gasteiger charge is 2.35. The Morgan fingerprint density at radius 2 is 1.12 bits per heavy atom. The number of carbonyl (C=O) groups excluding carboxylic acids is 1. The van der Waals surface area contributed by atoms with Crippen LogP contribution in [0.4, 0.5) is 17.6 Å². The van der Waals surface area contributed by atoms with E-state index in [1.165, 1.54) is 89.9 Å². The summed E-state index contributed by atoms with van der Waals surface area (Å²) >= 11 is 0. The van der Waals surface area contributed by atoms with Crippen LogP contribution in [0.1, 0.15) is 138 Å². The third-order valence-corrected chi connectivity index (χ3v) is 6.26. The second-order valence-electron chi connectivity index (χ2n) is 9.31. The van der Waals surface area contributed by atoms with Gasteiger partial charge in [-0.25, -0.2) is 9.18 Å². The smallest absolute Gasteiger partial charge is 0.419 e. The van der Waals surface area contributed by atoms with Crippen molar-refractivity contribution in [3.63, 3.8) is 0 Å². The number of ether oxygens (including phenoxy) is 1. The lowest BCUT2D eigenvalue weighted by Gasteiger charge is -2.11. The molecule has 0 saturated carbocycles. The van der Waals surface area contributed by atoms with E-state index >= 15 is 0 Å². The summed E-state index contributed by atoms with van der Waals surface area (Å²) in [5.74, 6) is -2.62. The maximum atomic E-state index is 13.9. The summed E-state index contributed by atoms with van der Waals surface area (Å²) in [4.78, 5) is 11.9. The van der Waals surface area contributed by atoms with E-state index in [0.717, 1.165) is 31.4 Å². The van der Waals surface area contributed by atoms with Crippen molar-refractivity contribution in [1.29, 1.82) is 0 Å². The summed E-state index contributed by atoms with van der Waals surface area (Å²) in [5, 5.41) is 0. The summed E-state index contributed by atoms with van der Waals surface area (Å²) < 4.78 is 57.1. The molecule has 1 aromatic rings. The number of benzene rings is 1.